The number of anilines is 1. The van der Waals surface area contributed by atoms with Gasteiger partial charge >= 0.3 is 0 Å². The number of para-hydroxylation sites is 1. The topological polar surface area (TPSA) is 53.5 Å². The summed E-state index contributed by atoms with van der Waals surface area (Å²) in [6, 6.07) is 10.1. The molecule has 2 aromatic rings. The maximum absolute atomic E-state index is 11.8. The smallest absolute Gasteiger partial charge is 0.211 e. The average Bonchev–Trinajstić information content (AvgIpc) is 2.53. The number of pyridine rings is 1. The predicted molar refractivity (Wildman–Crippen MR) is 89.6 cm³/mol. The molecule has 3 rings (SSSR count). The Bertz CT molecular complexity index is 771. The second-order valence-electron chi connectivity index (χ2n) is 5.87. The molecule has 5 nitrogen and oxygen atoms in total. The number of likely N-dealkylation sites (N-methyl/N-ethyl adjacent to an activating group) is 1. The largest absolute Gasteiger partial charge is 0.369 e. The molecule has 0 aliphatic carbocycles. The van der Waals surface area contributed by atoms with E-state index in [0.29, 0.717) is 0 Å². The van der Waals surface area contributed by atoms with Crippen molar-refractivity contribution in [2.75, 3.05) is 31.3 Å². The van der Waals surface area contributed by atoms with Crippen LogP contribution in [0.15, 0.2) is 36.5 Å². The molecule has 1 saturated heterocycles. The van der Waals surface area contributed by atoms with E-state index in [4.69, 9.17) is 0 Å². The first kappa shape index (κ1) is 15.2. The van der Waals surface area contributed by atoms with Crippen LogP contribution in [0.5, 0.6) is 0 Å². The lowest BCUT2D eigenvalue weighted by Crippen LogP contribution is -2.48. The molecule has 22 heavy (non-hydrogen) atoms. The van der Waals surface area contributed by atoms with Crippen LogP contribution in [0.3, 0.4) is 0 Å². The fraction of sp³-hybridized carbons (Fsp3) is 0.438. The zero-order valence-corrected chi connectivity index (χ0v) is 13.8. The fourth-order valence-electron chi connectivity index (χ4n) is 3.10. The van der Waals surface area contributed by atoms with Crippen LogP contribution in [0.1, 0.15) is 12.8 Å². The maximum atomic E-state index is 11.8. The summed E-state index contributed by atoms with van der Waals surface area (Å²) in [5, 5.41) is 1.12. The highest BCUT2D eigenvalue weighted by molar-refractivity contribution is 7.88. The standard InChI is InChI=1S/C16H21N3O2S/c1-18(22(2,20)21)13-6-5-11-19(12-13)16-9-10-17-15-8-4-3-7-14(15)16/h3-4,7-10,13H,5-6,11-12H2,1-2H3. The van der Waals surface area contributed by atoms with Crippen molar-refractivity contribution in [3.63, 3.8) is 0 Å². The third-order valence-corrected chi connectivity index (χ3v) is 5.74. The van der Waals surface area contributed by atoms with Crippen molar-refractivity contribution in [1.82, 2.24) is 9.29 Å². The van der Waals surface area contributed by atoms with Gasteiger partial charge in [0.25, 0.3) is 0 Å². The lowest BCUT2D eigenvalue weighted by atomic mass is 10.0. The van der Waals surface area contributed by atoms with E-state index in [1.54, 1.807) is 7.05 Å². The molecule has 1 fully saturated rings. The summed E-state index contributed by atoms with van der Waals surface area (Å²) < 4.78 is 25.1. The van der Waals surface area contributed by atoms with E-state index in [1.165, 1.54) is 10.6 Å². The van der Waals surface area contributed by atoms with E-state index in [-0.39, 0.29) is 6.04 Å². The first-order valence-corrected chi connectivity index (χ1v) is 9.33. The third-order valence-electron chi connectivity index (χ3n) is 4.40. The third kappa shape index (κ3) is 2.94. The number of rotatable bonds is 3. The molecule has 0 N–H and O–H groups in total. The Kier molecular flexibility index (Phi) is 4.06. The number of benzene rings is 1. The molecule has 6 heteroatoms. The summed E-state index contributed by atoms with van der Waals surface area (Å²) in [7, 11) is -1.48. The second kappa shape index (κ2) is 5.85. The first-order valence-electron chi connectivity index (χ1n) is 7.48. The van der Waals surface area contributed by atoms with Gasteiger partial charge < -0.3 is 4.90 Å². The number of hydrogen-bond donors (Lipinski definition) is 0. The molecule has 0 saturated carbocycles. The number of sulfonamides is 1. The highest BCUT2D eigenvalue weighted by atomic mass is 32.2. The maximum Gasteiger partial charge on any atom is 0.211 e. The molecule has 1 aliphatic rings. The van der Waals surface area contributed by atoms with Crippen LogP contribution in [0.2, 0.25) is 0 Å². The van der Waals surface area contributed by atoms with Gasteiger partial charge in [0.05, 0.1) is 11.8 Å². The summed E-state index contributed by atoms with van der Waals surface area (Å²) >= 11 is 0. The van der Waals surface area contributed by atoms with Crippen molar-refractivity contribution in [2.24, 2.45) is 0 Å². The number of aromatic nitrogens is 1. The molecule has 1 aliphatic heterocycles. The molecular formula is C16H21N3O2S. The van der Waals surface area contributed by atoms with Gasteiger partial charge in [-0.25, -0.2) is 12.7 Å². The summed E-state index contributed by atoms with van der Waals surface area (Å²) in [5.74, 6) is 0. The molecule has 0 spiro atoms. The summed E-state index contributed by atoms with van der Waals surface area (Å²) in [6.07, 6.45) is 4.99. The zero-order valence-electron chi connectivity index (χ0n) is 12.9. The van der Waals surface area contributed by atoms with Crippen molar-refractivity contribution >= 4 is 26.6 Å². The fourth-order valence-corrected chi connectivity index (χ4v) is 3.81. The van der Waals surface area contributed by atoms with Gasteiger partial charge in [0.2, 0.25) is 10.0 Å². The van der Waals surface area contributed by atoms with Crippen molar-refractivity contribution < 1.29 is 8.42 Å². The van der Waals surface area contributed by atoms with E-state index in [0.717, 1.165) is 42.5 Å². The van der Waals surface area contributed by atoms with Gasteiger partial charge in [0, 0.05) is 43.4 Å². The van der Waals surface area contributed by atoms with Gasteiger partial charge in [-0.15, -0.1) is 0 Å². The molecule has 0 amide bonds. The molecule has 118 valence electrons. The van der Waals surface area contributed by atoms with E-state index in [1.807, 2.05) is 30.5 Å². The molecule has 0 bridgehead atoms. The lowest BCUT2D eigenvalue weighted by Gasteiger charge is -2.38. The van der Waals surface area contributed by atoms with Crippen LogP contribution in [0.4, 0.5) is 5.69 Å². The Hall–Kier alpha value is -1.66. The second-order valence-corrected chi connectivity index (χ2v) is 7.91. The van der Waals surface area contributed by atoms with Crippen molar-refractivity contribution in [1.29, 1.82) is 0 Å². The minimum absolute atomic E-state index is 0.0238. The van der Waals surface area contributed by atoms with E-state index in [9.17, 15) is 8.42 Å². The minimum atomic E-state index is -3.16. The highest BCUT2D eigenvalue weighted by Gasteiger charge is 2.28. The lowest BCUT2D eigenvalue weighted by molar-refractivity contribution is 0.322. The van der Waals surface area contributed by atoms with Gasteiger partial charge in [-0.3, -0.25) is 4.98 Å². The molecule has 2 heterocycles. The van der Waals surface area contributed by atoms with E-state index < -0.39 is 10.0 Å². The summed E-state index contributed by atoms with van der Waals surface area (Å²) in [4.78, 5) is 6.67. The number of fused-ring (bicyclic) bond motifs is 1. The van der Waals surface area contributed by atoms with Crippen molar-refractivity contribution in [3.8, 4) is 0 Å². The Balaban J connectivity index is 1.91. The molecule has 1 aromatic heterocycles. The van der Waals surface area contributed by atoms with Crippen molar-refractivity contribution in [3.05, 3.63) is 36.5 Å². The average molecular weight is 319 g/mol. The number of hydrogen-bond acceptors (Lipinski definition) is 4. The van der Waals surface area contributed by atoms with Crippen LogP contribution < -0.4 is 4.90 Å². The van der Waals surface area contributed by atoms with Crippen LogP contribution in [-0.2, 0) is 10.0 Å². The monoisotopic (exact) mass is 319 g/mol. The SMILES string of the molecule is CN(C1CCCN(c2ccnc3ccccc23)C1)S(C)(=O)=O. The van der Waals surface area contributed by atoms with Gasteiger partial charge in [0.15, 0.2) is 0 Å². The normalized spacial score (nSPS) is 19.8. The van der Waals surface area contributed by atoms with Crippen LogP contribution in [-0.4, -0.2) is 50.1 Å². The number of nitrogens with zero attached hydrogens (tertiary/aromatic N) is 3. The van der Waals surface area contributed by atoms with Crippen LogP contribution >= 0.6 is 0 Å². The molecule has 1 atom stereocenters. The number of piperidine rings is 1. The first-order chi connectivity index (χ1) is 10.5. The van der Waals surface area contributed by atoms with Crippen LogP contribution in [0, 0.1) is 0 Å². The van der Waals surface area contributed by atoms with Gasteiger partial charge in [-0.2, -0.15) is 0 Å². The summed E-state index contributed by atoms with van der Waals surface area (Å²) in [5.41, 5.74) is 2.11. The quantitative estimate of drug-likeness (QED) is 0.869. The minimum Gasteiger partial charge on any atom is -0.369 e. The molecule has 1 aromatic carbocycles. The van der Waals surface area contributed by atoms with Gasteiger partial charge in [0.1, 0.15) is 0 Å². The molecular weight excluding hydrogens is 298 g/mol. The molecule has 1 unspecified atom stereocenters. The van der Waals surface area contributed by atoms with E-state index in [2.05, 4.69) is 16.0 Å². The van der Waals surface area contributed by atoms with Crippen LogP contribution in [0.25, 0.3) is 10.9 Å². The van der Waals surface area contributed by atoms with E-state index >= 15 is 0 Å². The van der Waals surface area contributed by atoms with Gasteiger partial charge in [-0.05, 0) is 25.0 Å². The predicted octanol–water partition coefficient (Wildman–Crippen LogP) is 2.09. The Morgan fingerprint density at radius 1 is 1.27 bits per heavy atom. The Labute approximate surface area is 131 Å². The Morgan fingerprint density at radius 2 is 2.05 bits per heavy atom. The van der Waals surface area contributed by atoms with Gasteiger partial charge in [-0.1, -0.05) is 18.2 Å². The summed E-state index contributed by atoms with van der Waals surface area (Å²) in [6.45, 7) is 1.67. The zero-order chi connectivity index (χ0) is 15.7. The Morgan fingerprint density at radius 3 is 2.82 bits per heavy atom. The highest BCUT2D eigenvalue weighted by Crippen LogP contribution is 2.28. The molecule has 0 radical (unpaired) electrons. The van der Waals surface area contributed by atoms with Crippen molar-refractivity contribution in [2.45, 2.75) is 18.9 Å².